The lowest BCUT2D eigenvalue weighted by Gasteiger charge is -2.49. The number of carbonyl (C=O) groups is 1. The number of amides is 1. The Bertz CT molecular complexity index is 423. The Kier molecular flexibility index (Phi) is 6.39. The van der Waals surface area contributed by atoms with E-state index in [4.69, 9.17) is 9.47 Å². The molecule has 0 bridgehead atoms. The molecule has 1 aliphatic heterocycles. The molecule has 1 unspecified atom stereocenters. The topological polar surface area (TPSA) is 108 Å². The third-order valence-electron chi connectivity index (χ3n) is 5.22. The molecule has 8 heteroatoms. The van der Waals surface area contributed by atoms with E-state index in [2.05, 4.69) is 5.32 Å². The highest BCUT2D eigenvalue weighted by atomic mass is 28.3. The number of methoxy groups -OCH3 is 1. The molecule has 7 nitrogen and oxygen atoms in total. The Hall–Kier alpha value is -0.513. The van der Waals surface area contributed by atoms with E-state index < -0.39 is 44.4 Å². The van der Waals surface area contributed by atoms with Crippen LogP contribution in [0.3, 0.4) is 0 Å². The average Bonchev–Trinajstić information content (AvgIpc) is 2.42. The predicted molar refractivity (Wildman–Crippen MR) is 88.5 cm³/mol. The summed E-state index contributed by atoms with van der Waals surface area (Å²) in [4.78, 5) is 11.3. The number of nitrogens with one attached hydrogen (secondary N) is 1. The van der Waals surface area contributed by atoms with E-state index in [1.165, 1.54) is 14.0 Å². The molecule has 0 saturated carbocycles. The van der Waals surface area contributed by atoms with Crippen LogP contribution in [0.25, 0.3) is 0 Å². The van der Waals surface area contributed by atoms with Crippen LogP contribution < -0.4 is 5.32 Å². The zero-order valence-electron chi connectivity index (χ0n) is 15.0. The minimum absolute atomic E-state index is 0.127. The monoisotopic (exact) mass is 349 g/mol. The first-order chi connectivity index (χ1) is 10.3. The fourth-order valence-electron chi connectivity index (χ4n) is 2.59. The fourth-order valence-corrected chi connectivity index (χ4v) is 4.58. The molecule has 6 atom stereocenters. The molecule has 0 aliphatic carbocycles. The first-order valence-corrected chi connectivity index (χ1v) is 10.9. The van der Waals surface area contributed by atoms with Crippen molar-refractivity contribution in [3.8, 4) is 0 Å². The van der Waals surface area contributed by atoms with Gasteiger partial charge in [0.1, 0.15) is 24.4 Å². The zero-order chi connectivity index (χ0) is 18.2. The lowest BCUT2D eigenvalue weighted by atomic mass is 9.97. The third kappa shape index (κ3) is 4.12. The van der Waals surface area contributed by atoms with Crippen molar-refractivity contribution in [1.29, 1.82) is 0 Å². The van der Waals surface area contributed by atoms with Gasteiger partial charge in [-0.25, -0.2) is 0 Å². The molecular weight excluding hydrogens is 318 g/mol. The van der Waals surface area contributed by atoms with E-state index in [1.807, 2.05) is 33.9 Å². The van der Waals surface area contributed by atoms with Gasteiger partial charge in [0, 0.05) is 14.0 Å². The molecule has 0 aromatic carbocycles. The SMILES string of the molecule is CO[C@H]1O[C@H](C(O)[Si](C)(C)C(C)(C)C)[C@@H](O)[C@H](O)[C@@H]1NC(C)=O. The summed E-state index contributed by atoms with van der Waals surface area (Å²) in [6.07, 6.45) is -4.52. The van der Waals surface area contributed by atoms with E-state index in [0.717, 1.165) is 0 Å². The highest BCUT2D eigenvalue weighted by Gasteiger charge is 2.53. The van der Waals surface area contributed by atoms with E-state index in [9.17, 15) is 20.1 Å². The molecular formula is C15H31NO6Si. The second-order valence-electron chi connectivity index (χ2n) is 7.83. The molecule has 136 valence electrons. The highest BCUT2D eigenvalue weighted by Crippen LogP contribution is 2.41. The lowest BCUT2D eigenvalue weighted by molar-refractivity contribution is -0.268. The van der Waals surface area contributed by atoms with Gasteiger partial charge in [0.2, 0.25) is 5.91 Å². The number of ether oxygens (including phenoxy) is 2. The summed E-state index contributed by atoms with van der Waals surface area (Å²) < 4.78 is 10.9. The average molecular weight is 350 g/mol. The quantitative estimate of drug-likeness (QED) is 0.532. The molecule has 4 N–H and O–H groups in total. The van der Waals surface area contributed by atoms with E-state index in [1.54, 1.807) is 0 Å². The van der Waals surface area contributed by atoms with E-state index >= 15 is 0 Å². The number of carbonyl (C=O) groups excluding carboxylic acids is 1. The third-order valence-corrected chi connectivity index (χ3v) is 10.9. The number of hydrogen-bond acceptors (Lipinski definition) is 6. The molecule has 1 fully saturated rings. The van der Waals surface area contributed by atoms with Gasteiger partial charge in [-0.05, 0) is 5.04 Å². The Morgan fingerprint density at radius 1 is 1.26 bits per heavy atom. The fraction of sp³-hybridized carbons (Fsp3) is 0.933. The summed E-state index contributed by atoms with van der Waals surface area (Å²) in [5.41, 5.74) is -0.900. The Labute approximate surface area is 139 Å². The van der Waals surface area contributed by atoms with Crippen LogP contribution >= 0.6 is 0 Å². The van der Waals surface area contributed by atoms with E-state index in [-0.39, 0.29) is 10.9 Å². The van der Waals surface area contributed by atoms with Gasteiger partial charge in [0.05, 0.1) is 13.8 Å². The Balaban J connectivity index is 3.05. The van der Waals surface area contributed by atoms with Crippen LogP contribution in [0.4, 0.5) is 0 Å². The van der Waals surface area contributed by atoms with Gasteiger partial charge in [-0.15, -0.1) is 0 Å². The van der Waals surface area contributed by atoms with Crippen molar-refractivity contribution < 1.29 is 29.6 Å². The molecule has 0 radical (unpaired) electrons. The Morgan fingerprint density at radius 2 is 1.78 bits per heavy atom. The number of aliphatic hydroxyl groups is 3. The van der Waals surface area contributed by atoms with Gasteiger partial charge in [0.25, 0.3) is 0 Å². The molecule has 1 aliphatic rings. The van der Waals surface area contributed by atoms with Crippen molar-refractivity contribution in [3.63, 3.8) is 0 Å². The zero-order valence-corrected chi connectivity index (χ0v) is 16.0. The molecule has 1 rings (SSSR count). The maximum Gasteiger partial charge on any atom is 0.217 e. The minimum atomic E-state index is -2.25. The summed E-state index contributed by atoms with van der Waals surface area (Å²) in [5.74, 6) is -0.365. The second-order valence-corrected chi connectivity index (χ2v) is 13.4. The van der Waals surface area contributed by atoms with Crippen LogP contribution in [-0.4, -0.2) is 72.8 Å². The van der Waals surface area contributed by atoms with Crippen LogP contribution in [0.1, 0.15) is 27.7 Å². The van der Waals surface area contributed by atoms with Crippen molar-refractivity contribution in [2.24, 2.45) is 0 Å². The second kappa shape index (κ2) is 7.16. The van der Waals surface area contributed by atoms with Crippen molar-refractivity contribution in [1.82, 2.24) is 5.32 Å². The van der Waals surface area contributed by atoms with Crippen LogP contribution in [-0.2, 0) is 14.3 Å². The normalized spacial score (nSPS) is 34.1. The van der Waals surface area contributed by atoms with Crippen molar-refractivity contribution in [2.45, 2.75) is 82.2 Å². The predicted octanol–water partition coefficient (Wildman–Crippen LogP) is -0.00720. The number of hydrogen-bond donors (Lipinski definition) is 4. The van der Waals surface area contributed by atoms with E-state index in [0.29, 0.717) is 0 Å². The number of rotatable bonds is 4. The van der Waals surface area contributed by atoms with Crippen LogP contribution in [0.15, 0.2) is 0 Å². The molecule has 1 amide bonds. The summed E-state index contributed by atoms with van der Waals surface area (Å²) in [5, 5.41) is 34.0. The molecule has 1 saturated heterocycles. The van der Waals surface area contributed by atoms with Crippen molar-refractivity contribution >= 4 is 14.0 Å². The maximum atomic E-state index is 11.3. The standard InChI is InChI=1S/C15H31NO6Si/c1-8(17)16-9-10(18)11(19)12(22-14(9)21-5)13(20)23(6,7)15(2,3)4/h9-14,18-20H,1-7H3,(H,16,17)/t9-,10+,11-,12-,13?,14-/m0/s1. The van der Waals surface area contributed by atoms with Gasteiger partial charge >= 0.3 is 0 Å². The first-order valence-electron chi connectivity index (χ1n) is 7.84. The van der Waals surface area contributed by atoms with Crippen LogP contribution in [0.2, 0.25) is 18.1 Å². The first kappa shape index (κ1) is 20.5. The Morgan fingerprint density at radius 3 is 2.17 bits per heavy atom. The van der Waals surface area contributed by atoms with Crippen LogP contribution in [0.5, 0.6) is 0 Å². The van der Waals surface area contributed by atoms with Gasteiger partial charge in [-0.2, -0.15) is 0 Å². The van der Waals surface area contributed by atoms with Gasteiger partial charge in [0.15, 0.2) is 6.29 Å². The van der Waals surface area contributed by atoms with Crippen molar-refractivity contribution in [2.75, 3.05) is 7.11 Å². The summed E-state index contributed by atoms with van der Waals surface area (Å²) in [6, 6.07) is -0.893. The number of aliphatic hydroxyl groups excluding tert-OH is 3. The van der Waals surface area contributed by atoms with Gasteiger partial charge in [-0.3, -0.25) is 4.79 Å². The van der Waals surface area contributed by atoms with Crippen LogP contribution in [0, 0.1) is 0 Å². The molecule has 0 aromatic heterocycles. The summed E-state index contributed by atoms with van der Waals surface area (Å²) >= 11 is 0. The lowest BCUT2D eigenvalue weighted by Crippen LogP contribution is -2.69. The minimum Gasteiger partial charge on any atom is -0.394 e. The van der Waals surface area contributed by atoms with Gasteiger partial charge in [-0.1, -0.05) is 33.9 Å². The highest BCUT2D eigenvalue weighted by molar-refractivity contribution is 6.81. The molecule has 1 heterocycles. The van der Waals surface area contributed by atoms with Crippen molar-refractivity contribution in [3.05, 3.63) is 0 Å². The van der Waals surface area contributed by atoms with Gasteiger partial charge < -0.3 is 30.1 Å². The smallest absolute Gasteiger partial charge is 0.217 e. The maximum absolute atomic E-state index is 11.3. The summed E-state index contributed by atoms with van der Waals surface area (Å²) in [7, 11) is -0.858. The summed E-state index contributed by atoms with van der Waals surface area (Å²) in [6.45, 7) is 11.5. The molecule has 0 aromatic rings. The molecule has 0 spiro atoms. The molecule has 23 heavy (non-hydrogen) atoms. The largest absolute Gasteiger partial charge is 0.394 e.